The zero-order valence-corrected chi connectivity index (χ0v) is 18.7. The predicted octanol–water partition coefficient (Wildman–Crippen LogP) is 2.63. The smallest absolute Gasteiger partial charge is 0.331 e. The third-order valence-electron chi connectivity index (χ3n) is 6.69. The van der Waals surface area contributed by atoms with Gasteiger partial charge in [0.05, 0.1) is 48.8 Å². The van der Waals surface area contributed by atoms with Gasteiger partial charge < -0.3 is 10.2 Å². The Morgan fingerprint density at radius 2 is 1.91 bits per heavy atom. The number of hydrogen-bond acceptors (Lipinski definition) is 6. The molecular weight excluding hydrogens is 432 g/mol. The number of aromatic nitrogens is 6. The highest BCUT2D eigenvalue weighted by Crippen LogP contribution is 2.39. The lowest BCUT2D eigenvalue weighted by molar-refractivity contribution is 0.147. The molecule has 4 heterocycles. The third-order valence-corrected chi connectivity index (χ3v) is 6.69. The van der Waals surface area contributed by atoms with E-state index in [2.05, 4.69) is 10.1 Å². The van der Waals surface area contributed by atoms with Crippen molar-refractivity contribution in [1.29, 1.82) is 0 Å². The van der Waals surface area contributed by atoms with Crippen LogP contribution in [-0.2, 0) is 6.54 Å². The van der Waals surface area contributed by atoms with Crippen molar-refractivity contribution in [2.24, 2.45) is 0 Å². The van der Waals surface area contributed by atoms with Crippen molar-refractivity contribution in [3.8, 4) is 11.4 Å². The Balaban J connectivity index is 1.60. The minimum absolute atomic E-state index is 0.151. The number of aryl methyl sites for hydroxylation is 1. The van der Waals surface area contributed by atoms with Crippen LogP contribution in [0.25, 0.3) is 28.1 Å². The molecule has 172 valence electrons. The summed E-state index contributed by atoms with van der Waals surface area (Å²) in [5, 5.41) is 24.6. The highest BCUT2D eigenvalue weighted by molar-refractivity contribution is 5.80. The second kappa shape index (κ2) is 7.89. The Labute approximate surface area is 194 Å². The van der Waals surface area contributed by atoms with Gasteiger partial charge in [-0.15, -0.1) is 0 Å². The Kier molecular flexibility index (Phi) is 4.82. The van der Waals surface area contributed by atoms with Gasteiger partial charge in [0, 0.05) is 6.20 Å². The number of imidazole rings is 1. The van der Waals surface area contributed by atoms with E-state index in [1.54, 1.807) is 21.5 Å². The van der Waals surface area contributed by atoms with Gasteiger partial charge in [0.2, 0.25) is 0 Å². The van der Waals surface area contributed by atoms with Crippen molar-refractivity contribution in [3.63, 3.8) is 0 Å². The van der Waals surface area contributed by atoms with Crippen LogP contribution in [0.5, 0.6) is 0 Å². The summed E-state index contributed by atoms with van der Waals surface area (Å²) in [5.74, 6) is 0.479. The molecule has 0 saturated heterocycles. The normalized spacial score (nSPS) is 18.0. The van der Waals surface area contributed by atoms with Crippen LogP contribution in [-0.4, -0.2) is 45.5 Å². The zero-order chi connectivity index (χ0) is 23.4. The van der Waals surface area contributed by atoms with E-state index in [-0.39, 0.29) is 24.9 Å². The van der Waals surface area contributed by atoms with Crippen LogP contribution in [0.4, 0.5) is 0 Å². The maximum absolute atomic E-state index is 13.6. The summed E-state index contributed by atoms with van der Waals surface area (Å²) >= 11 is 0. The fourth-order valence-electron chi connectivity index (χ4n) is 5.06. The molecule has 0 spiro atoms. The molecule has 4 aromatic heterocycles. The molecule has 0 aliphatic heterocycles. The summed E-state index contributed by atoms with van der Waals surface area (Å²) < 4.78 is 4.99. The molecule has 0 fully saturated rings. The summed E-state index contributed by atoms with van der Waals surface area (Å²) in [6.45, 7) is 1.99. The Hall–Kier alpha value is -3.82. The van der Waals surface area contributed by atoms with Crippen LogP contribution in [0.1, 0.15) is 41.7 Å². The van der Waals surface area contributed by atoms with Gasteiger partial charge in [0.25, 0.3) is 0 Å². The lowest BCUT2D eigenvalue weighted by Crippen LogP contribution is -2.31. The van der Waals surface area contributed by atoms with E-state index in [4.69, 9.17) is 4.98 Å². The number of aliphatic hydroxyl groups is 2. The summed E-state index contributed by atoms with van der Waals surface area (Å²) in [4.78, 5) is 23.0. The molecule has 34 heavy (non-hydrogen) atoms. The molecule has 2 N–H and O–H groups in total. The van der Waals surface area contributed by atoms with Gasteiger partial charge in [0.1, 0.15) is 5.52 Å². The fraction of sp³-hybridized carbons (Fsp3) is 0.280. The lowest BCUT2D eigenvalue weighted by Gasteiger charge is -2.29. The molecule has 5 aromatic rings. The molecule has 9 nitrogen and oxygen atoms in total. The van der Waals surface area contributed by atoms with E-state index in [9.17, 15) is 15.0 Å². The van der Waals surface area contributed by atoms with Gasteiger partial charge in [-0.1, -0.05) is 24.3 Å². The van der Waals surface area contributed by atoms with Crippen LogP contribution >= 0.6 is 0 Å². The van der Waals surface area contributed by atoms with Gasteiger partial charge in [-0.05, 0) is 48.6 Å². The van der Waals surface area contributed by atoms with Crippen LogP contribution in [0, 0.1) is 6.92 Å². The minimum Gasteiger partial charge on any atom is -0.395 e. The van der Waals surface area contributed by atoms with Crippen LogP contribution in [0.3, 0.4) is 0 Å². The highest BCUT2D eigenvalue weighted by Gasteiger charge is 2.31. The molecule has 1 aliphatic rings. The number of hydrogen-bond donors (Lipinski definition) is 2. The zero-order valence-electron chi connectivity index (χ0n) is 18.7. The summed E-state index contributed by atoms with van der Waals surface area (Å²) in [6, 6.07) is 11.4. The summed E-state index contributed by atoms with van der Waals surface area (Å²) in [7, 11) is 0. The Morgan fingerprint density at radius 1 is 1.09 bits per heavy atom. The van der Waals surface area contributed by atoms with Gasteiger partial charge in [-0.2, -0.15) is 5.10 Å². The van der Waals surface area contributed by atoms with Crippen molar-refractivity contribution < 1.29 is 10.2 Å². The average Bonchev–Trinajstić information content (AvgIpc) is 3.38. The van der Waals surface area contributed by atoms with Crippen LogP contribution < -0.4 is 5.69 Å². The molecule has 9 heteroatoms. The quantitative estimate of drug-likeness (QED) is 0.430. The molecule has 0 amide bonds. The first-order valence-corrected chi connectivity index (χ1v) is 11.4. The summed E-state index contributed by atoms with van der Waals surface area (Å²) in [6.07, 6.45) is 5.87. The molecule has 1 aliphatic carbocycles. The van der Waals surface area contributed by atoms with Crippen molar-refractivity contribution in [3.05, 3.63) is 82.2 Å². The molecule has 0 saturated carbocycles. The van der Waals surface area contributed by atoms with Crippen molar-refractivity contribution in [2.75, 3.05) is 6.61 Å². The van der Waals surface area contributed by atoms with Gasteiger partial charge >= 0.3 is 5.69 Å². The first kappa shape index (κ1) is 20.8. The van der Waals surface area contributed by atoms with Crippen molar-refractivity contribution >= 4 is 16.7 Å². The van der Waals surface area contributed by atoms with Crippen molar-refractivity contribution in [1.82, 2.24) is 28.7 Å². The monoisotopic (exact) mass is 456 g/mol. The van der Waals surface area contributed by atoms with E-state index in [0.717, 1.165) is 27.8 Å². The summed E-state index contributed by atoms with van der Waals surface area (Å²) in [5.41, 5.74) is 5.33. The van der Waals surface area contributed by atoms with E-state index in [0.29, 0.717) is 29.8 Å². The van der Waals surface area contributed by atoms with Crippen molar-refractivity contribution in [2.45, 2.75) is 38.5 Å². The molecular formula is C25H24N6O3. The first-order chi connectivity index (χ1) is 16.6. The number of aliphatic hydroxyl groups excluding tert-OH is 2. The second-order valence-corrected chi connectivity index (χ2v) is 8.76. The molecule has 0 unspecified atom stereocenters. The fourth-order valence-corrected chi connectivity index (χ4v) is 5.06. The molecule has 0 radical (unpaired) electrons. The molecule has 0 bridgehead atoms. The number of nitrogens with zero attached hydrogens (tertiary/aromatic N) is 6. The Morgan fingerprint density at radius 3 is 2.74 bits per heavy atom. The standard InChI is InChI=1S/C25H24N6O3/c1-15-8-9-30-20(12-15)18(13-27-30)23-26-14-21-24(28-23)31(25(34)29(21)10-11-32)19-6-7-22(33)17-5-3-2-4-16(17)19/h2-5,8-9,12-14,19,22,32-33H,6-7,10-11H2,1H3/t19-,22-/m0/s1. The maximum atomic E-state index is 13.6. The SMILES string of the molecule is Cc1ccn2ncc(-c3ncc4c(n3)n([C@H]3CC[C@H](O)c5ccccc53)c(=O)n4CCO)c2c1. The first-order valence-electron chi connectivity index (χ1n) is 11.4. The average molecular weight is 457 g/mol. The predicted molar refractivity (Wildman–Crippen MR) is 127 cm³/mol. The van der Waals surface area contributed by atoms with Gasteiger partial charge in [-0.3, -0.25) is 9.13 Å². The lowest BCUT2D eigenvalue weighted by atomic mass is 9.85. The number of pyridine rings is 1. The van der Waals surface area contributed by atoms with E-state index in [1.165, 1.54) is 4.57 Å². The maximum Gasteiger partial charge on any atom is 0.331 e. The van der Waals surface area contributed by atoms with Crippen LogP contribution in [0.15, 0.2) is 59.8 Å². The third kappa shape index (κ3) is 3.08. The molecule has 1 aromatic carbocycles. The van der Waals surface area contributed by atoms with Crippen LogP contribution in [0.2, 0.25) is 0 Å². The number of benzene rings is 1. The Bertz CT molecular complexity index is 1600. The van der Waals surface area contributed by atoms with E-state index < -0.39 is 6.10 Å². The van der Waals surface area contributed by atoms with E-state index in [1.807, 2.05) is 49.5 Å². The number of fused-ring (bicyclic) bond motifs is 3. The molecule has 2 atom stereocenters. The van der Waals surface area contributed by atoms with E-state index >= 15 is 0 Å². The highest BCUT2D eigenvalue weighted by atomic mass is 16.3. The largest absolute Gasteiger partial charge is 0.395 e. The van der Waals surface area contributed by atoms with Gasteiger partial charge in [0.15, 0.2) is 11.5 Å². The topological polar surface area (TPSA) is 110 Å². The minimum atomic E-state index is -0.554. The second-order valence-electron chi connectivity index (χ2n) is 8.76. The van der Waals surface area contributed by atoms with Gasteiger partial charge in [-0.25, -0.2) is 19.3 Å². The molecule has 6 rings (SSSR count). The number of rotatable bonds is 4.